The molecule has 0 saturated carbocycles. The fourth-order valence-corrected chi connectivity index (χ4v) is 1.71. The van der Waals surface area contributed by atoms with E-state index < -0.39 is 27.0 Å². The van der Waals surface area contributed by atoms with Crippen LogP contribution in [0.1, 0.15) is 13.8 Å². The van der Waals surface area contributed by atoms with E-state index in [1.165, 1.54) is 0 Å². The lowest BCUT2D eigenvalue weighted by atomic mass is 10.5. The SMILES string of the molecule is CCn1c(Cl)c([N+](=O)[O-])c(=O)n(CC)c1=O. The topological polar surface area (TPSA) is 87.1 Å². The number of nitrogens with zero attached hydrogens (tertiary/aromatic N) is 3. The van der Waals surface area contributed by atoms with Crippen molar-refractivity contribution in [3.8, 4) is 0 Å². The minimum absolute atomic E-state index is 0.0652. The number of hydrogen-bond donors (Lipinski definition) is 0. The second-order valence-corrected chi connectivity index (χ2v) is 3.33. The molecule has 0 N–H and O–H groups in total. The molecule has 1 aromatic heterocycles. The summed E-state index contributed by atoms with van der Waals surface area (Å²) in [4.78, 5) is 33.1. The van der Waals surface area contributed by atoms with Crippen LogP contribution in [0.3, 0.4) is 0 Å². The molecule has 0 amide bonds. The highest BCUT2D eigenvalue weighted by Gasteiger charge is 2.25. The molecule has 1 rings (SSSR count). The first-order valence-corrected chi connectivity index (χ1v) is 5.01. The van der Waals surface area contributed by atoms with E-state index in [-0.39, 0.29) is 13.1 Å². The van der Waals surface area contributed by atoms with Crippen LogP contribution in [-0.4, -0.2) is 14.1 Å². The fourth-order valence-electron chi connectivity index (χ4n) is 1.37. The summed E-state index contributed by atoms with van der Waals surface area (Å²) in [6.07, 6.45) is 0. The first-order valence-electron chi connectivity index (χ1n) is 4.63. The second-order valence-electron chi connectivity index (χ2n) is 2.97. The standard InChI is InChI=1S/C8H10ClN3O4/c1-3-10-6(9)5(12(15)16)7(13)11(4-2)8(10)14/h3-4H2,1-2H3. The molecule has 0 saturated heterocycles. The Morgan fingerprint density at radius 3 is 2.12 bits per heavy atom. The van der Waals surface area contributed by atoms with Crippen molar-refractivity contribution in [2.45, 2.75) is 26.9 Å². The third kappa shape index (κ3) is 1.73. The Kier molecular flexibility index (Phi) is 3.48. The molecule has 0 atom stereocenters. The van der Waals surface area contributed by atoms with Gasteiger partial charge in [-0.25, -0.2) is 4.79 Å². The van der Waals surface area contributed by atoms with E-state index >= 15 is 0 Å². The maximum atomic E-state index is 11.7. The summed E-state index contributed by atoms with van der Waals surface area (Å²) in [6, 6.07) is 0. The number of rotatable bonds is 3. The van der Waals surface area contributed by atoms with E-state index in [0.717, 1.165) is 9.13 Å². The molecule has 1 heterocycles. The highest BCUT2D eigenvalue weighted by molar-refractivity contribution is 6.31. The fraction of sp³-hybridized carbons (Fsp3) is 0.500. The van der Waals surface area contributed by atoms with Crippen molar-refractivity contribution in [3.63, 3.8) is 0 Å². The van der Waals surface area contributed by atoms with Crippen molar-refractivity contribution in [3.05, 3.63) is 36.1 Å². The molecule has 0 unspecified atom stereocenters. The Bertz CT molecular complexity index is 545. The van der Waals surface area contributed by atoms with Crippen LogP contribution in [0.25, 0.3) is 0 Å². The van der Waals surface area contributed by atoms with Gasteiger partial charge < -0.3 is 0 Å². The Hall–Kier alpha value is -1.63. The first-order chi connectivity index (χ1) is 7.45. The average molecular weight is 248 g/mol. The third-order valence-corrected chi connectivity index (χ3v) is 2.54. The molecule has 0 radical (unpaired) electrons. The van der Waals surface area contributed by atoms with Gasteiger partial charge in [-0.15, -0.1) is 0 Å². The minimum atomic E-state index is -0.966. The lowest BCUT2D eigenvalue weighted by Gasteiger charge is -2.08. The van der Waals surface area contributed by atoms with Crippen LogP contribution in [0.2, 0.25) is 5.15 Å². The Morgan fingerprint density at radius 2 is 1.75 bits per heavy atom. The van der Waals surface area contributed by atoms with Gasteiger partial charge in [0.2, 0.25) is 0 Å². The first kappa shape index (κ1) is 12.4. The molecule has 0 aliphatic rings. The lowest BCUT2D eigenvalue weighted by Crippen LogP contribution is -2.40. The third-order valence-electron chi connectivity index (χ3n) is 2.16. The largest absolute Gasteiger partial charge is 0.369 e. The quantitative estimate of drug-likeness (QED) is 0.445. The summed E-state index contributed by atoms with van der Waals surface area (Å²) in [5, 5.41) is 10.3. The van der Waals surface area contributed by atoms with Gasteiger partial charge in [-0.3, -0.25) is 24.0 Å². The van der Waals surface area contributed by atoms with E-state index in [1.807, 2.05) is 0 Å². The molecule has 0 bridgehead atoms. The van der Waals surface area contributed by atoms with Gasteiger partial charge in [0.25, 0.3) is 0 Å². The van der Waals surface area contributed by atoms with Crippen LogP contribution in [0.15, 0.2) is 9.59 Å². The molecule has 0 aliphatic heterocycles. The predicted octanol–water partition coefficient (Wildman–Crippen LogP) is 0.611. The highest BCUT2D eigenvalue weighted by Crippen LogP contribution is 2.17. The molecule has 16 heavy (non-hydrogen) atoms. The maximum absolute atomic E-state index is 11.7. The Labute approximate surface area is 95.0 Å². The van der Waals surface area contributed by atoms with Gasteiger partial charge in [0.1, 0.15) is 0 Å². The summed E-state index contributed by atoms with van der Waals surface area (Å²) in [6.45, 7) is 3.40. The van der Waals surface area contributed by atoms with Crippen LogP contribution >= 0.6 is 11.6 Å². The van der Waals surface area contributed by atoms with Gasteiger partial charge in [-0.1, -0.05) is 11.6 Å². The highest BCUT2D eigenvalue weighted by atomic mass is 35.5. The lowest BCUT2D eigenvalue weighted by molar-refractivity contribution is -0.386. The summed E-state index contributed by atoms with van der Waals surface area (Å²) in [7, 11) is 0. The van der Waals surface area contributed by atoms with Gasteiger partial charge in [0.15, 0.2) is 5.15 Å². The molecular weight excluding hydrogens is 238 g/mol. The summed E-state index contributed by atoms with van der Waals surface area (Å²) in [5.41, 5.74) is -2.36. The zero-order valence-corrected chi connectivity index (χ0v) is 9.52. The molecule has 0 fully saturated rings. The molecule has 0 aromatic carbocycles. The van der Waals surface area contributed by atoms with Crippen molar-refractivity contribution in [1.82, 2.24) is 9.13 Å². The molecule has 7 nitrogen and oxygen atoms in total. The molecule has 88 valence electrons. The maximum Gasteiger partial charge on any atom is 0.369 e. The normalized spacial score (nSPS) is 10.4. The zero-order chi connectivity index (χ0) is 12.5. The van der Waals surface area contributed by atoms with Gasteiger partial charge in [0, 0.05) is 13.1 Å². The number of nitro groups is 1. The monoisotopic (exact) mass is 247 g/mol. The Balaban J connectivity index is 3.85. The van der Waals surface area contributed by atoms with Crippen LogP contribution in [0.4, 0.5) is 5.69 Å². The van der Waals surface area contributed by atoms with Crippen LogP contribution < -0.4 is 11.2 Å². The number of halogens is 1. The van der Waals surface area contributed by atoms with E-state index in [4.69, 9.17) is 11.6 Å². The minimum Gasteiger partial charge on any atom is -0.278 e. The second kappa shape index (κ2) is 4.48. The molecule has 1 aromatic rings. The van der Waals surface area contributed by atoms with Crippen LogP contribution in [0.5, 0.6) is 0 Å². The van der Waals surface area contributed by atoms with Crippen molar-refractivity contribution in [2.75, 3.05) is 0 Å². The van der Waals surface area contributed by atoms with Crippen LogP contribution in [0, 0.1) is 10.1 Å². The predicted molar refractivity (Wildman–Crippen MR) is 58.0 cm³/mol. The average Bonchev–Trinajstić information content (AvgIpc) is 2.18. The van der Waals surface area contributed by atoms with E-state index in [2.05, 4.69) is 0 Å². The number of hydrogen-bond acceptors (Lipinski definition) is 4. The molecule has 0 spiro atoms. The van der Waals surface area contributed by atoms with E-state index in [1.54, 1.807) is 13.8 Å². The zero-order valence-electron chi connectivity index (χ0n) is 8.77. The molecule has 0 aliphatic carbocycles. The summed E-state index contributed by atoms with van der Waals surface area (Å²) in [5.74, 6) is 0. The Morgan fingerprint density at radius 1 is 1.25 bits per heavy atom. The van der Waals surface area contributed by atoms with Crippen molar-refractivity contribution < 1.29 is 4.92 Å². The number of aromatic nitrogens is 2. The molecule has 8 heteroatoms. The van der Waals surface area contributed by atoms with Crippen LogP contribution in [-0.2, 0) is 13.1 Å². The molecular formula is C8H10ClN3O4. The van der Waals surface area contributed by atoms with Gasteiger partial charge in [-0.2, -0.15) is 0 Å². The van der Waals surface area contributed by atoms with Gasteiger partial charge in [-0.05, 0) is 13.8 Å². The van der Waals surface area contributed by atoms with Crippen molar-refractivity contribution in [2.24, 2.45) is 0 Å². The van der Waals surface area contributed by atoms with Crippen molar-refractivity contribution >= 4 is 17.3 Å². The summed E-state index contributed by atoms with van der Waals surface area (Å²) < 4.78 is 1.78. The smallest absolute Gasteiger partial charge is 0.278 e. The van der Waals surface area contributed by atoms with E-state index in [9.17, 15) is 19.7 Å². The van der Waals surface area contributed by atoms with Gasteiger partial charge in [0.05, 0.1) is 4.92 Å². The summed E-state index contributed by atoms with van der Waals surface area (Å²) >= 11 is 5.65. The van der Waals surface area contributed by atoms with Gasteiger partial charge >= 0.3 is 16.9 Å². The van der Waals surface area contributed by atoms with Crippen molar-refractivity contribution in [1.29, 1.82) is 0 Å². The van der Waals surface area contributed by atoms with E-state index in [0.29, 0.717) is 0 Å².